The van der Waals surface area contributed by atoms with Crippen LogP contribution in [0.5, 0.6) is 0 Å². The number of H-pyrrole nitrogens is 1. The van der Waals surface area contributed by atoms with Gasteiger partial charge in [-0.3, -0.25) is 14.3 Å². The number of aromatic nitrogens is 2. The molecule has 152 valence electrons. The van der Waals surface area contributed by atoms with Gasteiger partial charge in [-0.1, -0.05) is 42.5 Å². The number of piperidine rings is 1. The Hall–Kier alpha value is -2.77. The quantitative estimate of drug-likeness (QED) is 0.496. The third kappa shape index (κ3) is 4.02. The Morgan fingerprint density at radius 2 is 1.76 bits per heavy atom. The molecule has 3 N–H and O–H groups in total. The van der Waals surface area contributed by atoms with Crippen LogP contribution < -0.4 is 11.4 Å². The van der Waals surface area contributed by atoms with Gasteiger partial charge in [0, 0.05) is 31.1 Å². The summed E-state index contributed by atoms with van der Waals surface area (Å²) < 4.78 is 16.6. The van der Waals surface area contributed by atoms with E-state index < -0.39 is 12.3 Å². The molecule has 3 aromatic rings. The standard InChI is InChI=1S/C22H25FN4O2/c23-20(14-17(24)21(28)15-6-2-1-3-7-15)26-12-10-16(11-13-26)27-19-9-5-4-8-18(19)25-22(27)29/h1-9,16-17,20H,10-14,24H2,(H,25,29). The van der Waals surface area contributed by atoms with Crippen LogP contribution in [0, 0.1) is 0 Å². The van der Waals surface area contributed by atoms with Gasteiger partial charge in [-0.2, -0.15) is 0 Å². The SMILES string of the molecule is NC(CC(F)N1CCC(n2c(=O)[nH]c3ccccc32)CC1)C(=O)c1ccccc1. The number of halogens is 1. The van der Waals surface area contributed by atoms with E-state index in [2.05, 4.69) is 4.98 Å². The van der Waals surface area contributed by atoms with E-state index in [1.807, 2.05) is 30.3 Å². The molecule has 0 radical (unpaired) electrons. The topological polar surface area (TPSA) is 84.1 Å². The number of carbonyl (C=O) groups is 1. The molecule has 1 aliphatic rings. The van der Waals surface area contributed by atoms with Crippen LogP contribution in [0.25, 0.3) is 11.0 Å². The van der Waals surface area contributed by atoms with Crippen molar-refractivity contribution in [3.8, 4) is 0 Å². The second-order valence-electron chi connectivity index (χ2n) is 7.59. The molecule has 1 saturated heterocycles. The molecule has 1 fully saturated rings. The zero-order valence-corrected chi connectivity index (χ0v) is 16.1. The minimum absolute atomic E-state index is 0.0294. The number of nitrogens with zero attached hydrogens (tertiary/aromatic N) is 2. The molecule has 2 heterocycles. The number of carbonyl (C=O) groups excluding carboxylic acids is 1. The lowest BCUT2D eigenvalue weighted by Gasteiger charge is -2.35. The molecule has 1 aromatic heterocycles. The van der Waals surface area contributed by atoms with Gasteiger partial charge in [0.2, 0.25) is 0 Å². The molecule has 0 saturated carbocycles. The summed E-state index contributed by atoms with van der Waals surface area (Å²) in [7, 11) is 0. The Kier molecular flexibility index (Phi) is 5.60. The third-order valence-electron chi connectivity index (χ3n) is 5.73. The summed E-state index contributed by atoms with van der Waals surface area (Å²) >= 11 is 0. The summed E-state index contributed by atoms with van der Waals surface area (Å²) in [5.74, 6) is -0.242. The maximum Gasteiger partial charge on any atom is 0.326 e. The van der Waals surface area contributed by atoms with Crippen LogP contribution in [0.1, 0.15) is 35.7 Å². The number of likely N-dealkylation sites (tertiary alicyclic amines) is 1. The van der Waals surface area contributed by atoms with Crippen molar-refractivity contribution in [2.24, 2.45) is 5.73 Å². The molecule has 2 atom stereocenters. The first kappa shape index (κ1) is 19.5. The first-order chi connectivity index (χ1) is 14.0. The Morgan fingerprint density at radius 1 is 1.10 bits per heavy atom. The molecule has 1 aliphatic heterocycles. The van der Waals surface area contributed by atoms with Crippen molar-refractivity contribution >= 4 is 16.8 Å². The molecule has 29 heavy (non-hydrogen) atoms. The predicted molar refractivity (Wildman–Crippen MR) is 111 cm³/mol. The van der Waals surface area contributed by atoms with Crippen molar-refractivity contribution in [1.29, 1.82) is 0 Å². The lowest BCUT2D eigenvalue weighted by Crippen LogP contribution is -2.44. The largest absolute Gasteiger partial charge is 0.326 e. The molecule has 7 heteroatoms. The Bertz CT molecular complexity index is 1040. The van der Waals surface area contributed by atoms with E-state index in [0.717, 1.165) is 11.0 Å². The van der Waals surface area contributed by atoms with Gasteiger partial charge in [-0.25, -0.2) is 9.18 Å². The van der Waals surface area contributed by atoms with Gasteiger partial charge in [0.25, 0.3) is 0 Å². The molecule has 6 nitrogen and oxygen atoms in total. The predicted octanol–water partition coefficient (Wildman–Crippen LogP) is 2.86. The Labute approximate surface area is 168 Å². The van der Waals surface area contributed by atoms with E-state index in [4.69, 9.17) is 5.73 Å². The van der Waals surface area contributed by atoms with Crippen molar-refractivity contribution < 1.29 is 9.18 Å². The van der Waals surface area contributed by atoms with Gasteiger partial charge in [-0.15, -0.1) is 0 Å². The number of aromatic amines is 1. The first-order valence-corrected chi connectivity index (χ1v) is 9.97. The highest BCUT2D eigenvalue weighted by Crippen LogP contribution is 2.27. The van der Waals surface area contributed by atoms with Gasteiger partial charge < -0.3 is 10.7 Å². The average Bonchev–Trinajstić information content (AvgIpc) is 3.09. The van der Waals surface area contributed by atoms with E-state index in [0.29, 0.717) is 31.5 Å². The Morgan fingerprint density at radius 3 is 2.48 bits per heavy atom. The number of alkyl halides is 1. The monoisotopic (exact) mass is 396 g/mol. The maximum atomic E-state index is 14.8. The fraction of sp³-hybridized carbons (Fsp3) is 0.364. The highest BCUT2D eigenvalue weighted by molar-refractivity contribution is 5.99. The minimum atomic E-state index is -1.28. The number of nitrogens with two attached hydrogens (primary N) is 1. The van der Waals surface area contributed by atoms with Crippen LogP contribution in [-0.4, -0.2) is 45.7 Å². The normalized spacial score (nSPS) is 18.0. The van der Waals surface area contributed by atoms with E-state index in [1.165, 1.54) is 0 Å². The number of nitrogens with one attached hydrogen (secondary N) is 1. The molecule has 2 aromatic carbocycles. The van der Waals surface area contributed by atoms with Gasteiger partial charge in [0.1, 0.15) is 0 Å². The molecule has 4 rings (SSSR count). The lowest BCUT2D eigenvalue weighted by molar-refractivity contribution is 0.0388. The van der Waals surface area contributed by atoms with Crippen LogP contribution in [0.4, 0.5) is 4.39 Å². The van der Waals surface area contributed by atoms with Crippen molar-refractivity contribution in [3.05, 3.63) is 70.6 Å². The fourth-order valence-electron chi connectivity index (χ4n) is 4.14. The van der Waals surface area contributed by atoms with Crippen molar-refractivity contribution in [2.45, 2.75) is 37.6 Å². The van der Waals surface area contributed by atoms with Crippen molar-refractivity contribution in [3.63, 3.8) is 0 Å². The number of hydrogen-bond donors (Lipinski definition) is 2. The molecule has 0 aliphatic carbocycles. The summed E-state index contributed by atoms with van der Waals surface area (Å²) in [6, 6.07) is 15.5. The number of benzene rings is 2. The zero-order chi connectivity index (χ0) is 20.4. The van der Waals surface area contributed by atoms with E-state index >= 15 is 0 Å². The molecular weight excluding hydrogens is 371 g/mol. The molecule has 2 unspecified atom stereocenters. The van der Waals surface area contributed by atoms with Gasteiger partial charge in [0.15, 0.2) is 12.1 Å². The van der Waals surface area contributed by atoms with Crippen LogP contribution in [-0.2, 0) is 0 Å². The highest BCUT2D eigenvalue weighted by atomic mass is 19.1. The lowest BCUT2D eigenvalue weighted by atomic mass is 10.00. The fourth-order valence-corrected chi connectivity index (χ4v) is 4.14. The maximum absolute atomic E-state index is 14.8. The molecule has 0 bridgehead atoms. The summed E-state index contributed by atoms with van der Waals surface area (Å²) in [4.78, 5) is 29.3. The zero-order valence-electron chi connectivity index (χ0n) is 16.1. The minimum Gasteiger partial charge on any atom is -0.321 e. The van der Waals surface area contributed by atoms with Crippen LogP contribution in [0.2, 0.25) is 0 Å². The number of para-hydroxylation sites is 2. The van der Waals surface area contributed by atoms with Gasteiger partial charge in [-0.05, 0) is 25.0 Å². The van der Waals surface area contributed by atoms with Crippen molar-refractivity contribution in [1.82, 2.24) is 14.5 Å². The van der Waals surface area contributed by atoms with Crippen molar-refractivity contribution in [2.75, 3.05) is 13.1 Å². The average molecular weight is 396 g/mol. The molecular formula is C22H25FN4O2. The second kappa shape index (κ2) is 8.31. The van der Waals surface area contributed by atoms with Crippen LogP contribution in [0.3, 0.4) is 0 Å². The summed E-state index contributed by atoms with van der Waals surface area (Å²) in [6.45, 7) is 1.04. The number of fused-ring (bicyclic) bond motifs is 1. The molecule has 0 amide bonds. The van der Waals surface area contributed by atoms with Gasteiger partial charge >= 0.3 is 5.69 Å². The summed E-state index contributed by atoms with van der Waals surface area (Å²) in [5, 5.41) is 0. The number of imidazole rings is 1. The van der Waals surface area contributed by atoms with Gasteiger partial charge in [0.05, 0.1) is 17.1 Å². The first-order valence-electron chi connectivity index (χ1n) is 9.97. The number of rotatable bonds is 6. The second-order valence-corrected chi connectivity index (χ2v) is 7.59. The number of hydrogen-bond acceptors (Lipinski definition) is 4. The number of Topliss-reactive ketones (excluding diaryl/α,β-unsaturated/α-hetero) is 1. The van der Waals surface area contributed by atoms with E-state index in [9.17, 15) is 14.0 Å². The highest BCUT2D eigenvalue weighted by Gasteiger charge is 2.30. The van der Waals surface area contributed by atoms with E-state index in [1.54, 1.807) is 33.7 Å². The Balaban J connectivity index is 1.37. The van der Waals surface area contributed by atoms with E-state index in [-0.39, 0.29) is 23.9 Å². The molecule has 0 spiro atoms. The third-order valence-corrected chi connectivity index (χ3v) is 5.73. The summed E-state index contributed by atoms with van der Waals surface area (Å²) in [6.07, 6.45) is 0.0257. The van der Waals surface area contributed by atoms with Crippen LogP contribution >= 0.6 is 0 Å². The number of ketones is 1. The van der Waals surface area contributed by atoms with Crippen LogP contribution in [0.15, 0.2) is 59.4 Å². The summed E-state index contributed by atoms with van der Waals surface area (Å²) in [5.41, 5.74) is 8.05. The smallest absolute Gasteiger partial charge is 0.321 e.